The number of amides is 1. The third-order valence-electron chi connectivity index (χ3n) is 4.25. The summed E-state index contributed by atoms with van der Waals surface area (Å²) in [6.45, 7) is 0.269. The Morgan fingerprint density at radius 1 is 1.00 bits per heavy atom. The Morgan fingerprint density at radius 2 is 1.70 bits per heavy atom. The fourth-order valence-corrected chi connectivity index (χ4v) is 4.04. The van der Waals surface area contributed by atoms with Gasteiger partial charge >= 0.3 is 0 Å². The minimum absolute atomic E-state index is 0.120. The maximum absolute atomic E-state index is 12.2. The van der Waals surface area contributed by atoms with Crippen molar-refractivity contribution in [3.8, 4) is 0 Å². The lowest BCUT2D eigenvalue weighted by atomic mass is 10.1. The van der Waals surface area contributed by atoms with Crippen LogP contribution in [-0.2, 0) is 21.1 Å². The number of pyridine rings is 1. The predicted octanol–water partition coefficient (Wildman–Crippen LogP) is 2.05. The fourth-order valence-electron chi connectivity index (χ4n) is 2.78. The number of carbonyl (C=O) groups excluding carboxylic acids is 1. The average Bonchev–Trinajstić information content (AvgIpc) is 2.67. The second-order valence-electron chi connectivity index (χ2n) is 6.19. The zero-order chi connectivity index (χ0) is 19.3. The zero-order valence-electron chi connectivity index (χ0n) is 14.6. The van der Waals surface area contributed by atoms with E-state index < -0.39 is 9.84 Å². The number of H-pyrrole nitrogens is 1. The summed E-state index contributed by atoms with van der Waals surface area (Å²) in [5, 5.41) is 3.60. The highest BCUT2D eigenvalue weighted by Gasteiger charge is 2.15. The Kier molecular flexibility index (Phi) is 5.71. The van der Waals surface area contributed by atoms with Crippen LogP contribution in [0.2, 0.25) is 0 Å². The minimum atomic E-state index is -3.48. The van der Waals surface area contributed by atoms with Crippen LogP contribution in [0.1, 0.15) is 12.0 Å². The van der Waals surface area contributed by atoms with E-state index in [1.165, 1.54) is 12.1 Å². The maximum Gasteiger partial charge on any atom is 0.251 e. The number of nitrogens with one attached hydrogen (secondary N) is 2. The summed E-state index contributed by atoms with van der Waals surface area (Å²) in [7, 11) is -3.48. The average molecular weight is 384 g/mol. The van der Waals surface area contributed by atoms with E-state index in [0.29, 0.717) is 12.0 Å². The van der Waals surface area contributed by atoms with Crippen LogP contribution in [0.5, 0.6) is 0 Å². The van der Waals surface area contributed by atoms with Crippen molar-refractivity contribution in [2.45, 2.75) is 17.7 Å². The first-order valence-electron chi connectivity index (χ1n) is 8.61. The highest BCUT2D eigenvalue weighted by Crippen LogP contribution is 2.11. The molecule has 0 saturated carbocycles. The fraction of sp³-hybridized carbons (Fsp3) is 0.200. The molecule has 1 aromatic heterocycles. The van der Waals surface area contributed by atoms with Crippen molar-refractivity contribution in [3.05, 3.63) is 76.6 Å². The van der Waals surface area contributed by atoms with Crippen LogP contribution >= 0.6 is 0 Å². The summed E-state index contributed by atoms with van der Waals surface area (Å²) in [6, 6.07) is 17.3. The van der Waals surface area contributed by atoms with Crippen molar-refractivity contribution in [2.24, 2.45) is 0 Å². The van der Waals surface area contributed by atoms with E-state index in [1.807, 2.05) is 24.3 Å². The van der Waals surface area contributed by atoms with Crippen molar-refractivity contribution < 1.29 is 13.2 Å². The Labute approximate surface area is 157 Å². The molecule has 0 fully saturated rings. The van der Waals surface area contributed by atoms with Crippen LogP contribution in [0.25, 0.3) is 10.9 Å². The molecule has 2 N–H and O–H groups in total. The summed E-state index contributed by atoms with van der Waals surface area (Å²) >= 11 is 0. The summed E-state index contributed by atoms with van der Waals surface area (Å²) < 4.78 is 24.4. The summed E-state index contributed by atoms with van der Waals surface area (Å²) in [5.41, 5.74) is 1.15. The van der Waals surface area contributed by atoms with Crippen molar-refractivity contribution in [1.29, 1.82) is 0 Å². The minimum Gasteiger partial charge on any atom is -0.356 e. The van der Waals surface area contributed by atoms with E-state index in [9.17, 15) is 18.0 Å². The van der Waals surface area contributed by atoms with Gasteiger partial charge in [0.1, 0.15) is 0 Å². The molecule has 0 spiro atoms. The van der Waals surface area contributed by atoms with E-state index in [4.69, 9.17) is 0 Å². The summed E-state index contributed by atoms with van der Waals surface area (Å²) in [5.74, 6) is -0.605. The quantitative estimate of drug-likeness (QED) is 0.652. The van der Waals surface area contributed by atoms with Crippen molar-refractivity contribution in [1.82, 2.24) is 10.3 Å². The van der Waals surface area contributed by atoms with Gasteiger partial charge in [-0.25, -0.2) is 8.42 Å². The molecule has 0 atom stereocenters. The highest BCUT2D eigenvalue weighted by atomic mass is 32.2. The number of sulfone groups is 1. The lowest BCUT2D eigenvalue weighted by Crippen LogP contribution is -2.29. The van der Waals surface area contributed by atoms with Crippen LogP contribution < -0.4 is 10.9 Å². The number of rotatable bonds is 7. The standard InChI is InChI=1S/C20H20N2O4S/c23-19(11-13-27(25,26)17-7-2-1-3-8-17)21-12-10-16-14-15-6-4-5-9-18(15)22-20(16)24/h1-9,14H,10-13H2,(H,21,23)(H,22,24). The van der Waals surface area contributed by atoms with E-state index in [0.717, 1.165) is 10.9 Å². The molecule has 3 aromatic rings. The van der Waals surface area contributed by atoms with Gasteiger partial charge in [-0.1, -0.05) is 36.4 Å². The van der Waals surface area contributed by atoms with Gasteiger partial charge in [0.05, 0.1) is 10.6 Å². The molecule has 0 aliphatic rings. The van der Waals surface area contributed by atoms with Gasteiger partial charge in [0, 0.05) is 24.0 Å². The number of aromatic nitrogens is 1. The number of carbonyl (C=O) groups is 1. The van der Waals surface area contributed by atoms with Crippen LogP contribution in [0, 0.1) is 0 Å². The second kappa shape index (κ2) is 8.18. The molecular weight excluding hydrogens is 364 g/mol. The van der Waals surface area contributed by atoms with Crippen LogP contribution in [0.15, 0.2) is 70.4 Å². The molecule has 0 unspecified atom stereocenters. The molecule has 6 nitrogen and oxygen atoms in total. The third kappa shape index (κ3) is 4.83. The molecule has 140 valence electrons. The second-order valence-corrected chi connectivity index (χ2v) is 8.30. The van der Waals surface area contributed by atoms with Crippen molar-refractivity contribution in [3.63, 3.8) is 0 Å². The zero-order valence-corrected chi connectivity index (χ0v) is 15.5. The van der Waals surface area contributed by atoms with Gasteiger partial charge in [-0.3, -0.25) is 9.59 Å². The molecule has 7 heteroatoms. The molecule has 0 bridgehead atoms. The molecule has 3 rings (SSSR count). The van der Waals surface area contributed by atoms with Gasteiger partial charge in [-0.15, -0.1) is 0 Å². The van der Waals surface area contributed by atoms with Gasteiger partial charge in [0.15, 0.2) is 9.84 Å². The molecule has 2 aromatic carbocycles. The number of hydrogen-bond donors (Lipinski definition) is 2. The van der Waals surface area contributed by atoms with Crippen LogP contribution in [0.3, 0.4) is 0 Å². The molecule has 0 aliphatic carbocycles. The number of fused-ring (bicyclic) bond motifs is 1. The molecule has 0 saturated heterocycles. The Balaban J connectivity index is 1.53. The van der Waals surface area contributed by atoms with Gasteiger partial charge in [-0.2, -0.15) is 0 Å². The van der Waals surface area contributed by atoms with Crippen molar-refractivity contribution in [2.75, 3.05) is 12.3 Å². The molecular formula is C20H20N2O4S. The van der Waals surface area contributed by atoms with E-state index >= 15 is 0 Å². The first-order valence-corrected chi connectivity index (χ1v) is 10.3. The number of aromatic amines is 1. The molecule has 27 heavy (non-hydrogen) atoms. The largest absolute Gasteiger partial charge is 0.356 e. The van der Waals surface area contributed by atoms with Gasteiger partial charge < -0.3 is 10.3 Å². The SMILES string of the molecule is O=C(CCS(=O)(=O)c1ccccc1)NCCc1cc2ccccc2[nH]c1=O. The summed E-state index contributed by atoms with van der Waals surface area (Å²) in [4.78, 5) is 27.0. The van der Waals surface area contributed by atoms with E-state index in [1.54, 1.807) is 24.3 Å². The Morgan fingerprint density at radius 3 is 2.48 bits per heavy atom. The highest BCUT2D eigenvalue weighted by molar-refractivity contribution is 7.91. The monoisotopic (exact) mass is 384 g/mol. The van der Waals surface area contributed by atoms with E-state index in [2.05, 4.69) is 10.3 Å². The Hall–Kier alpha value is -2.93. The molecule has 0 radical (unpaired) electrons. The van der Waals surface area contributed by atoms with Gasteiger partial charge in [-0.05, 0) is 36.1 Å². The first-order chi connectivity index (χ1) is 13.0. The topological polar surface area (TPSA) is 96.1 Å². The summed E-state index contributed by atoms with van der Waals surface area (Å²) in [6.07, 6.45) is 0.253. The number of benzene rings is 2. The van der Waals surface area contributed by atoms with Crippen LogP contribution in [0.4, 0.5) is 0 Å². The van der Waals surface area contributed by atoms with Crippen molar-refractivity contribution >= 4 is 26.6 Å². The number of hydrogen-bond acceptors (Lipinski definition) is 4. The third-order valence-corrected chi connectivity index (χ3v) is 5.98. The molecule has 1 heterocycles. The first kappa shape index (κ1) is 18.8. The van der Waals surface area contributed by atoms with Crippen LogP contribution in [-0.4, -0.2) is 31.6 Å². The lowest BCUT2D eigenvalue weighted by Gasteiger charge is -2.07. The van der Waals surface area contributed by atoms with Gasteiger partial charge in [0.2, 0.25) is 5.91 Å². The molecule has 1 amide bonds. The van der Waals surface area contributed by atoms with Gasteiger partial charge in [0.25, 0.3) is 5.56 Å². The Bertz CT molecular complexity index is 1110. The lowest BCUT2D eigenvalue weighted by molar-refractivity contribution is -0.120. The maximum atomic E-state index is 12.2. The molecule has 0 aliphatic heterocycles. The normalized spacial score (nSPS) is 11.4. The smallest absolute Gasteiger partial charge is 0.251 e. The number of para-hydroxylation sites is 1. The predicted molar refractivity (Wildman–Crippen MR) is 104 cm³/mol. The van der Waals surface area contributed by atoms with E-state index in [-0.39, 0.29) is 35.1 Å².